The van der Waals surface area contributed by atoms with E-state index in [9.17, 15) is 10.1 Å². The van der Waals surface area contributed by atoms with E-state index in [2.05, 4.69) is 24.1 Å². The number of aromatic nitrogens is 1. The molecule has 6 nitrogen and oxygen atoms in total. The summed E-state index contributed by atoms with van der Waals surface area (Å²) in [6, 6.07) is 2.70. The molecule has 0 radical (unpaired) electrons. The molecule has 0 aliphatic heterocycles. The van der Waals surface area contributed by atoms with E-state index in [1.54, 1.807) is 7.05 Å². The summed E-state index contributed by atoms with van der Waals surface area (Å²) in [5, 5.41) is 13.5. The van der Waals surface area contributed by atoms with Gasteiger partial charge in [0.1, 0.15) is 5.82 Å². The minimum atomic E-state index is -0.460. The highest BCUT2D eigenvalue weighted by molar-refractivity contribution is 5.47. The molecule has 0 spiro atoms. The third kappa shape index (κ3) is 4.26. The van der Waals surface area contributed by atoms with E-state index in [1.165, 1.54) is 12.1 Å². The zero-order valence-corrected chi connectivity index (χ0v) is 10.3. The van der Waals surface area contributed by atoms with Gasteiger partial charge >= 0.3 is 0 Å². The molecule has 0 aliphatic carbocycles. The maximum Gasteiger partial charge on any atom is 0.278 e. The van der Waals surface area contributed by atoms with Gasteiger partial charge in [-0.2, -0.15) is 4.98 Å². The van der Waals surface area contributed by atoms with Crippen molar-refractivity contribution in [1.29, 1.82) is 0 Å². The third-order valence-corrected chi connectivity index (χ3v) is 2.20. The summed E-state index contributed by atoms with van der Waals surface area (Å²) in [7, 11) is 1.66. The molecule has 0 unspecified atom stereocenters. The van der Waals surface area contributed by atoms with Gasteiger partial charge in [0.05, 0.1) is 23.7 Å². The summed E-state index contributed by atoms with van der Waals surface area (Å²) >= 11 is 0. The van der Waals surface area contributed by atoms with Gasteiger partial charge in [-0.05, 0) is 12.3 Å². The molecule has 0 amide bonds. The third-order valence-electron chi connectivity index (χ3n) is 2.20. The molecule has 1 aromatic rings. The second-order valence-electron chi connectivity index (χ2n) is 4.09. The van der Waals surface area contributed by atoms with E-state index in [4.69, 9.17) is 4.74 Å². The van der Waals surface area contributed by atoms with Crippen molar-refractivity contribution in [1.82, 2.24) is 4.98 Å². The van der Waals surface area contributed by atoms with Gasteiger partial charge in [0.25, 0.3) is 5.69 Å². The summed E-state index contributed by atoms with van der Waals surface area (Å²) in [6.07, 6.45) is 0.888. The Kier molecular flexibility index (Phi) is 4.68. The van der Waals surface area contributed by atoms with Crippen molar-refractivity contribution in [2.24, 2.45) is 5.92 Å². The van der Waals surface area contributed by atoms with Gasteiger partial charge in [-0.1, -0.05) is 13.8 Å². The second kappa shape index (κ2) is 6.03. The van der Waals surface area contributed by atoms with Gasteiger partial charge in [-0.3, -0.25) is 10.1 Å². The van der Waals surface area contributed by atoms with Crippen molar-refractivity contribution in [3.8, 4) is 5.88 Å². The number of nitrogens with one attached hydrogen (secondary N) is 1. The van der Waals surface area contributed by atoms with Crippen LogP contribution < -0.4 is 10.1 Å². The fraction of sp³-hybridized carbons (Fsp3) is 0.545. The first-order valence-corrected chi connectivity index (χ1v) is 5.50. The summed E-state index contributed by atoms with van der Waals surface area (Å²) in [6.45, 7) is 4.68. The molecule has 1 rings (SSSR count). The number of rotatable bonds is 6. The molecule has 0 atom stereocenters. The summed E-state index contributed by atoms with van der Waals surface area (Å²) in [5.74, 6) is 1.24. The minimum Gasteiger partial charge on any atom is -0.477 e. The number of ether oxygens (including phenoxy) is 1. The summed E-state index contributed by atoms with van der Waals surface area (Å²) in [5.41, 5.74) is -0.0242. The van der Waals surface area contributed by atoms with Crippen molar-refractivity contribution >= 4 is 11.5 Å². The van der Waals surface area contributed by atoms with Crippen molar-refractivity contribution in [2.45, 2.75) is 20.3 Å². The predicted molar refractivity (Wildman–Crippen MR) is 65.4 cm³/mol. The maximum atomic E-state index is 10.7. The SMILES string of the molecule is CNc1cc([N+](=O)[O-])cc(OCCC(C)C)n1. The molecular formula is C11H17N3O3. The Morgan fingerprint density at radius 3 is 2.76 bits per heavy atom. The minimum absolute atomic E-state index is 0.0242. The smallest absolute Gasteiger partial charge is 0.278 e. The lowest BCUT2D eigenvalue weighted by Gasteiger charge is -2.08. The summed E-state index contributed by atoms with van der Waals surface area (Å²) in [4.78, 5) is 14.3. The fourth-order valence-electron chi connectivity index (χ4n) is 1.20. The Morgan fingerprint density at radius 2 is 2.24 bits per heavy atom. The Bertz CT molecular complexity index is 394. The average Bonchev–Trinajstić information content (AvgIpc) is 2.28. The van der Waals surface area contributed by atoms with E-state index in [0.29, 0.717) is 18.3 Å². The van der Waals surface area contributed by atoms with E-state index in [1.807, 2.05) is 0 Å². The number of anilines is 1. The zero-order chi connectivity index (χ0) is 12.8. The van der Waals surface area contributed by atoms with Crippen LogP contribution in [0, 0.1) is 16.0 Å². The number of nitro groups is 1. The van der Waals surface area contributed by atoms with E-state index in [-0.39, 0.29) is 11.6 Å². The van der Waals surface area contributed by atoms with Crippen LogP contribution in [0.15, 0.2) is 12.1 Å². The highest BCUT2D eigenvalue weighted by atomic mass is 16.6. The molecule has 0 fully saturated rings. The van der Waals surface area contributed by atoms with Crippen molar-refractivity contribution in [2.75, 3.05) is 19.0 Å². The van der Waals surface area contributed by atoms with Crippen molar-refractivity contribution in [3.63, 3.8) is 0 Å². The van der Waals surface area contributed by atoms with Crippen molar-refractivity contribution in [3.05, 3.63) is 22.2 Å². The fourth-order valence-corrected chi connectivity index (χ4v) is 1.20. The van der Waals surface area contributed by atoms with Crippen LogP contribution in [0.5, 0.6) is 5.88 Å². The van der Waals surface area contributed by atoms with Crippen LogP contribution >= 0.6 is 0 Å². The molecule has 94 valence electrons. The molecule has 0 saturated heterocycles. The number of hydrogen-bond donors (Lipinski definition) is 1. The first-order valence-electron chi connectivity index (χ1n) is 5.50. The van der Waals surface area contributed by atoms with Gasteiger partial charge < -0.3 is 10.1 Å². The number of nitrogens with zero attached hydrogens (tertiary/aromatic N) is 2. The Hall–Kier alpha value is -1.85. The molecule has 1 aromatic heterocycles. The summed E-state index contributed by atoms with van der Waals surface area (Å²) < 4.78 is 5.39. The number of hydrogen-bond acceptors (Lipinski definition) is 5. The lowest BCUT2D eigenvalue weighted by atomic mass is 10.1. The molecular weight excluding hydrogens is 222 g/mol. The number of pyridine rings is 1. The van der Waals surface area contributed by atoms with Crippen LogP contribution in [0.2, 0.25) is 0 Å². The Labute approximate surface area is 100 Å². The van der Waals surface area contributed by atoms with Crippen LogP contribution in [0.1, 0.15) is 20.3 Å². The highest BCUT2D eigenvalue weighted by Crippen LogP contribution is 2.22. The molecule has 0 bridgehead atoms. The molecule has 1 heterocycles. The molecule has 6 heteroatoms. The van der Waals surface area contributed by atoms with Crippen LogP contribution in [-0.4, -0.2) is 23.6 Å². The van der Waals surface area contributed by atoms with Gasteiger partial charge in [0, 0.05) is 7.05 Å². The van der Waals surface area contributed by atoms with E-state index < -0.39 is 4.92 Å². The normalized spacial score (nSPS) is 10.4. The first kappa shape index (κ1) is 13.2. The van der Waals surface area contributed by atoms with Gasteiger partial charge in [0.2, 0.25) is 5.88 Å². The largest absolute Gasteiger partial charge is 0.477 e. The van der Waals surface area contributed by atoms with Crippen LogP contribution in [-0.2, 0) is 0 Å². The molecule has 0 aliphatic rings. The Morgan fingerprint density at radius 1 is 1.53 bits per heavy atom. The highest BCUT2D eigenvalue weighted by Gasteiger charge is 2.11. The molecule has 0 saturated carbocycles. The average molecular weight is 239 g/mol. The molecule has 0 aromatic carbocycles. The lowest BCUT2D eigenvalue weighted by molar-refractivity contribution is -0.384. The van der Waals surface area contributed by atoms with Crippen LogP contribution in [0.25, 0.3) is 0 Å². The predicted octanol–water partition coefficient (Wildman–Crippen LogP) is 2.46. The van der Waals surface area contributed by atoms with Crippen LogP contribution in [0.3, 0.4) is 0 Å². The second-order valence-corrected chi connectivity index (χ2v) is 4.09. The zero-order valence-electron chi connectivity index (χ0n) is 10.3. The van der Waals surface area contributed by atoms with E-state index >= 15 is 0 Å². The van der Waals surface area contributed by atoms with Gasteiger partial charge in [-0.25, -0.2) is 0 Å². The van der Waals surface area contributed by atoms with E-state index in [0.717, 1.165) is 6.42 Å². The quantitative estimate of drug-likeness (QED) is 0.609. The standard InChI is InChI=1S/C11H17N3O3/c1-8(2)4-5-17-11-7-9(14(15)16)6-10(12-3)13-11/h6-8H,4-5H2,1-3H3,(H,12,13). The van der Waals surface area contributed by atoms with Gasteiger partial charge in [-0.15, -0.1) is 0 Å². The molecule has 1 N–H and O–H groups in total. The topological polar surface area (TPSA) is 77.3 Å². The first-order chi connectivity index (χ1) is 8.02. The van der Waals surface area contributed by atoms with Crippen molar-refractivity contribution < 1.29 is 9.66 Å². The maximum absolute atomic E-state index is 10.7. The molecule has 17 heavy (non-hydrogen) atoms. The lowest BCUT2D eigenvalue weighted by Crippen LogP contribution is -2.04. The monoisotopic (exact) mass is 239 g/mol. The Balaban J connectivity index is 2.76. The van der Waals surface area contributed by atoms with Gasteiger partial charge in [0.15, 0.2) is 0 Å². The van der Waals surface area contributed by atoms with Crippen LogP contribution in [0.4, 0.5) is 11.5 Å².